The van der Waals surface area contributed by atoms with Crippen LogP contribution in [0.5, 0.6) is 0 Å². The van der Waals surface area contributed by atoms with Gasteiger partial charge in [-0.2, -0.15) is 0 Å². The molecule has 0 aromatic carbocycles. The van der Waals surface area contributed by atoms with E-state index < -0.39 is 0 Å². The van der Waals surface area contributed by atoms with Crippen LogP contribution in [-0.4, -0.2) is 9.55 Å². The molecule has 0 atom stereocenters. The fraction of sp³-hybridized carbons (Fsp3) is 0.273. The first-order valence-corrected chi connectivity index (χ1v) is 4.18. The Kier molecular flexibility index (Phi) is 2.88. The standard InChI is InChI=1S/C11H14N2/c1-5-10-11(7-6-9(2)3)13(4)8-12-10/h6-8H,1H2,2-4H3. The van der Waals surface area contributed by atoms with Gasteiger partial charge in [0.05, 0.1) is 11.7 Å². The molecule has 2 nitrogen and oxygen atoms in total. The Hall–Kier alpha value is -1.53. The highest BCUT2D eigenvalue weighted by molar-refractivity contribution is 5.37. The summed E-state index contributed by atoms with van der Waals surface area (Å²) in [7, 11) is 1.96. The second kappa shape index (κ2) is 3.92. The maximum absolute atomic E-state index is 4.14. The first kappa shape index (κ1) is 9.56. The van der Waals surface area contributed by atoms with Gasteiger partial charge in [0.1, 0.15) is 5.35 Å². The van der Waals surface area contributed by atoms with Crippen LogP contribution >= 0.6 is 0 Å². The molecule has 1 aromatic rings. The molecule has 0 amide bonds. The smallest absolute Gasteiger partial charge is 0.130 e. The summed E-state index contributed by atoms with van der Waals surface area (Å²) in [4.78, 5) is 4.14. The van der Waals surface area contributed by atoms with Gasteiger partial charge in [0.2, 0.25) is 0 Å². The molecule has 0 aliphatic rings. The molecule has 0 bridgehead atoms. The molecular weight excluding hydrogens is 160 g/mol. The zero-order chi connectivity index (χ0) is 9.84. The number of hydrogen-bond donors (Lipinski definition) is 0. The molecular formula is C11H14N2. The van der Waals surface area contributed by atoms with Crippen LogP contribution in [-0.2, 0) is 7.05 Å². The van der Waals surface area contributed by atoms with Gasteiger partial charge < -0.3 is 4.57 Å². The molecule has 13 heavy (non-hydrogen) atoms. The number of hydrogen-bond acceptors (Lipinski definition) is 1. The highest BCUT2D eigenvalue weighted by atomic mass is 15.0. The van der Waals surface area contributed by atoms with Gasteiger partial charge in [-0.1, -0.05) is 24.0 Å². The van der Waals surface area contributed by atoms with Crippen LogP contribution < -0.4 is 10.7 Å². The zero-order valence-corrected chi connectivity index (χ0v) is 8.33. The van der Waals surface area contributed by atoms with Crippen LogP contribution in [0.4, 0.5) is 0 Å². The molecule has 0 saturated carbocycles. The normalized spacial score (nSPS) is 11.2. The largest absolute Gasteiger partial charge is 0.333 e. The predicted molar refractivity (Wildman–Crippen MR) is 55.4 cm³/mol. The number of imidazole rings is 1. The molecule has 2 heteroatoms. The lowest BCUT2D eigenvalue weighted by Gasteiger charge is -1.87. The van der Waals surface area contributed by atoms with Gasteiger partial charge in [-0.15, -0.1) is 0 Å². The lowest BCUT2D eigenvalue weighted by Crippen LogP contribution is -2.27. The third kappa shape index (κ3) is 2.20. The van der Waals surface area contributed by atoms with Crippen LogP contribution in [0.3, 0.4) is 0 Å². The van der Waals surface area contributed by atoms with E-state index >= 15 is 0 Å². The van der Waals surface area contributed by atoms with Gasteiger partial charge in [0.25, 0.3) is 0 Å². The molecule has 68 valence electrons. The first-order chi connectivity index (χ1) is 6.15. The SMILES string of the molecule is C=C=c1ncn(C)c1=CC=C(C)C. The van der Waals surface area contributed by atoms with E-state index in [1.165, 1.54) is 5.57 Å². The van der Waals surface area contributed by atoms with Gasteiger partial charge in [-0.05, 0) is 19.9 Å². The van der Waals surface area contributed by atoms with Crippen LogP contribution in [0.1, 0.15) is 13.8 Å². The maximum atomic E-state index is 4.14. The minimum Gasteiger partial charge on any atom is -0.333 e. The van der Waals surface area contributed by atoms with Gasteiger partial charge >= 0.3 is 0 Å². The maximum Gasteiger partial charge on any atom is 0.130 e. The second-order valence-corrected chi connectivity index (χ2v) is 3.18. The van der Waals surface area contributed by atoms with E-state index in [0.29, 0.717) is 0 Å². The molecule has 0 fully saturated rings. The molecule has 0 radical (unpaired) electrons. The quantitative estimate of drug-likeness (QED) is 0.614. The van der Waals surface area contributed by atoms with Crippen molar-refractivity contribution >= 4 is 11.8 Å². The molecule has 0 aliphatic heterocycles. The summed E-state index contributed by atoms with van der Waals surface area (Å²) >= 11 is 0. The molecule has 0 saturated heterocycles. The molecule has 0 unspecified atom stereocenters. The van der Waals surface area contributed by atoms with Crippen molar-refractivity contribution in [3.8, 4) is 0 Å². The van der Waals surface area contributed by atoms with E-state index in [2.05, 4.69) is 37.2 Å². The van der Waals surface area contributed by atoms with Crippen molar-refractivity contribution in [1.29, 1.82) is 0 Å². The van der Waals surface area contributed by atoms with Crippen molar-refractivity contribution in [2.45, 2.75) is 13.8 Å². The summed E-state index contributed by atoms with van der Waals surface area (Å²) in [5, 5.41) is 1.84. The summed E-state index contributed by atoms with van der Waals surface area (Å²) in [6.07, 6.45) is 5.84. The molecule has 1 aromatic heterocycles. The van der Waals surface area contributed by atoms with E-state index in [0.717, 1.165) is 10.7 Å². The van der Waals surface area contributed by atoms with E-state index in [1.54, 1.807) is 6.33 Å². The van der Waals surface area contributed by atoms with Crippen molar-refractivity contribution in [3.05, 3.63) is 35.3 Å². The van der Waals surface area contributed by atoms with Gasteiger partial charge in [-0.3, -0.25) is 0 Å². The van der Waals surface area contributed by atoms with E-state index in [9.17, 15) is 0 Å². The van der Waals surface area contributed by atoms with Crippen LogP contribution in [0, 0.1) is 0 Å². The minimum absolute atomic E-state index is 0.806. The van der Waals surface area contributed by atoms with Gasteiger partial charge in [-0.25, -0.2) is 4.98 Å². The van der Waals surface area contributed by atoms with E-state index in [-0.39, 0.29) is 0 Å². The second-order valence-electron chi connectivity index (χ2n) is 3.18. The van der Waals surface area contributed by atoms with Gasteiger partial charge in [0.15, 0.2) is 0 Å². The van der Waals surface area contributed by atoms with Crippen molar-refractivity contribution in [1.82, 2.24) is 9.55 Å². The topological polar surface area (TPSA) is 17.8 Å². The average molecular weight is 174 g/mol. The number of aromatic nitrogens is 2. The Balaban J connectivity index is 3.44. The molecule has 0 spiro atoms. The van der Waals surface area contributed by atoms with Crippen molar-refractivity contribution in [3.63, 3.8) is 0 Å². The summed E-state index contributed by atoms with van der Waals surface area (Å²) in [6, 6.07) is 0. The molecule has 1 rings (SSSR count). The van der Waals surface area contributed by atoms with Gasteiger partial charge in [0, 0.05) is 7.05 Å². The Morgan fingerprint density at radius 1 is 1.62 bits per heavy atom. The lowest BCUT2D eigenvalue weighted by molar-refractivity contribution is 0.881. The van der Waals surface area contributed by atoms with E-state index in [1.807, 2.05) is 17.7 Å². The fourth-order valence-electron chi connectivity index (χ4n) is 1.02. The number of allylic oxidation sites excluding steroid dienone is 2. The van der Waals surface area contributed by atoms with E-state index in [4.69, 9.17) is 0 Å². The summed E-state index contributed by atoms with van der Waals surface area (Å²) in [6.45, 7) is 7.71. The fourth-order valence-corrected chi connectivity index (χ4v) is 1.02. The molecule has 0 N–H and O–H groups in total. The monoisotopic (exact) mass is 174 g/mol. The first-order valence-electron chi connectivity index (χ1n) is 4.18. The van der Waals surface area contributed by atoms with Crippen LogP contribution in [0.2, 0.25) is 0 Å². The number of aryl methyl sites for hydroxylation is 1. The Morgan fingerprint density at radius 2 is 2.31 bits per heavy atom. The minimum atomic E-state index is 0.806. The summed E-state index contributed by atoms with van der Waals surface area (Å²) in [5.41, 5.74) is 4.06. The Bertz CT molecular complexity index is 453. The van der Waals surface area contributed by atoms with Crippen LogP contribution in [0.25, 0.3) is 11.8 Å². The van der Waals surface area contributed by atoms with Crippen LogP contribution in [0.15, 0.2) is 24.6 Å². The van der Waals surface area contributed by atoms with Crippen molar-refractivity contribution in [2.75, 3.05) is 0 Å². The predicted octanol–water partition coefficient (Wildman–Crippen LogP) is 0.732. The molecule has 0 aliphatic carbocycles. The summed E-state index contributed by atoms with van der Waals surface area (Å²) < 4.78 is 1.95. The Morgan fingerprint density at radius 3 is 2.85 bits per heavy atom. The third-order valence-electron chi connectivity index (χ3n) is 1.72. The number of nitrogens with zero attached hydrogens (tertiary/aromatic N) is 2. The molecule has 1 heterocycles. The lowest BCUT2D eigenvalue weighted by atomic mass is 10.3. The van der Waals surface area contributed by atoms with Crippen molar-refractivity contribution < 1.29 is 0 Å². The Labute approximate surface area is 78.2 Å². The summed E-state index contributed by atoms with van der Waals surface area (Å²) in [5.74, 6) is 0. The van der Waals surface area contributed by atoms with Crippen molar-refractivity contribution in [2.24, 2.45) is 7.05 Å². The third-order valence-corrected chi connectivity index (χ3v) is 1.72. The number of rotatable bonds is 1. The zero-order valence-electron chi connectivity index (χ0n) is 8.33. The average Bonchev–Trinajstić information content (AvgIpc) is 2.43. The highest BCUT2D eigenvalue weighted by Crippen LogP contribution is 1.86. The highest BCUT2D eigenvalue weighted by Gasteiger charge is 1.88.